The molecule has 1 N–H and O–H groups in total. The molecule has 0 unspecified atom stereocenters. The molecule has 0 radical (unpaired) electrons. The molecule has 0 amide bonds. The van der Waals surface area contributed by atoms with Gasteiger partial charge in [0.2, 0.25) is 17.5 Å². The lowest BCUT2D eigenvalue weighted by atomic mass is 10.2. The maximum Gasteiger partial charge on any atom is 0.387 e. The molecule has 0 saturated heterocycles. The molecule has 0 aliphatic heterocycles. The molecular weight excluding hydrogens is 407 g/mol. The van der Waals surface area contributed by atoms with E-state index in [1.54, 1.807) is 7.11 Å². The molecule has 0 aliphatic carbocycles. The molecule has 11 heteroatoms. The molecule has 2 aromatic rings. The highest BCUT2D eigenvalue weighted by atomic mass is 35.5. The lowest BCUT2D eigenvalue weighted by Crippen LogP contribution is -2.12. The van der Waals surface area contributed by atoms with Gasteiger partial charge in [-0.15, -0.1) is 0 Å². The van der Waals surface area contributed by atoms with Crippen molar-refractivity contribution in [3.05, 3.63) is 27.9 Å². The Hall–Kier alpha value is -2.12. The first-order valence-electron chi connectivity index (χ1n) is 7.62. The predicted octanol–water partition coefficient (Wildman–Crippen LogP) is 4.20. The number of benzene rings is 1. The summed E-state index contributed by atoms with van der Waals surface area (Å²) in [6.07, 6.45) is 0. The van der Waals surface area contributed by atoms with E-state index in [-0.39, 0.29) is 38.8 Å². The maximum absolute atomic E-state index is 12.7. The molecule has 0 fully saturated rings. The Bertz CT molecular complexity index is 812. The number of hydrogen-bond acceptors (Lipinski definition) is 7. The lowest BCUT2D eigenvalue weighted by Gasteiger charge is -2.11. The first-order valence-corrected chi connectivity index (χ1v) is 8.37. The van der Waals surface area contributed by atoms with Gasteiger partial charge in [-0.05, 0) is 12.1 Å². The summed E-state index contributed by atoms with van der Waals surface area (Å²) < 4.78 is 45.4. The molecule has 0 aliphatic rings. The topological polar surface area (TPSA) is 89.5 Å². The molecule has 7 nitrogen and oxygen atoms in total. The number of alkyl halides is 2. The largest absolute Gasteiger partial charge is 0.432 e. The van der Waals surface area contributed by atoms with Crippen molar-refractivity contribution in [3.63, 3.8) is 0 Å². The second kappa shape index (κ2) is 10.3. The fourth-order valence-electron chi connectivity index (χ4n) is 2.04. The SMILES string of the molecule is COCCOCCNc1oc(-c2cc(Cl)cc(Cl)c2OC(F)F)nc1C#N. The van der Waals surface area contributed by atoms with Gasteiger partial charge in [0.25, 0.3) is 0 Å². The summed E-state index contributed by atoms with van der Waals surface area (Å²) >= 11 is 11.9. The van der Waals surface area contributed by atoms with Gasteiger partial charge in [-0.1, -0.05) is 23.2 Å². The molecule has 146 valence electrons. The number of anilines is 1. The van der Waals surface area contributed by atoms with E-state index in [0.717, 1.165) is 0 Å². The van der Waals surface area contributed by atoms with Crippen molar-refractivity contribution in [2.24, 2.45) is 0 Å². The minimum Gasteiger partial charge on any atom is -0.432 e. The van der Waals surface area contributed by atoms with Crippen LogP contribution in [0.25, 0.3) is 11.5 Å². The third-order valence-corrected chi connectivity index (χ3v) is 3.64. The van der Waals surface area contributed by atoms with Gasteiger partial charge < -0.3 is 23.9 Å². The monoisotopic (exact) mass is 421 g/mol. The van der Waals surface area contributed by atoms with Crippen molar-refractivity contribution in [2.75, 3.05) is 38.8 Å². The third-order valence-electron chi connectivity index (χ3n) is 3.14. The number of hydrogen-bond donors (Lipinski definition) is 1. The van der Waals surface area contributed by atoms with Crippen LogP contribution in [0.4, 0.5) is 14.7 Å². The zero-order valence-electron chi connectivity index (χ0n) is 14.1. The summed E-state index contributed by atoms with van der Waals surface area (Å²) in [6, 6.07) is 4.40. The van der Waals surface area contributed by atoms with E-state index >= 15 is 0 Å². The van der Waals surface area contributed by atoms with Crippen molar-refractivity contribution in [3.8, 4) is 23.3 Å². The second-order valence-electron chi connectivity index (χ2n) is 4.98. The number of nitriles is 1. The van der Waals surface area contributed by atoms with Gasteiger partial charge in [0.05, 0.1) is 30.4 Å². The van der Waals surface area contributed by atoms with E-state index in [2.05, 4.69) is 15.0 Å². The van der Waals surface area contributed by atoms with Crippen LogP contribution in [-0.4, -0.2) is 45.1 Å². The maximum atomic E-state index is 12.7. The van der Waals surface area contributed by atoms with Crippen LogP contribution in [0.2, 0.25) is 10.0 Å². The van der Waals surface area contributed by atoms with E-state index in [1.807, 2.05) is 6.07 Å². The Morgan fingerprint density at radius 3 is 2.74 bits per heavy atom. The van der Waals surface area contributed by atoms with Crippen LogP contribution in [0.15, 0.2) is 16.5 Å². The standard InChI is InChI=1S/C16H15Cl2F2N3O4/c1-24-4-5-25-3-2-22-15-12(8-21)23-14(27-15)10-6-9(17)7-11(18)13(10)26-16(19)20/h6-7,16,22H,2-5H2,1H3. The Labute approximate surface area is 163 Å². The molecule has 0 saturated carbocycles. The number of ether oxygens (including phenoxy) is 3. The van der Waals surface area contributed by atoms with E-state index in [4.69, 9.17) is 37.1 Å². The van der Waals surface area contributed by atoms with Crippen LogP contribution in [0, 0.1) is 11.3 Å². The van der Waals surface area contributed by atoms with E-state index < -0.39 is 6.61 Å². The molecule has 27 heavy (non-hydrogen) atoms. The summed E-state index contributed by atoms with van der Waals surface area (Å²) in [5.74, 6) is -0.437. The van der Waals surface area contributed by atoms with Crippen molar-refractivity contribution in [2.45, 2.75) is 6.61 Å². The van der Waals surface area contributed by atoms with Gasteiger partial charge >= 0.3 is 6.61 Å². The van der Waals surface area contributed by atoms with Crippen molar-refractivity contribution in [1.29, 1.82) is 5.26 Å². The Morgan fingerprint density at radius 1 is 1.30 bits per heavy atom. The van der Waals surface area contributed by atoms with Gasteiger partial charge in [-0.2, -0.15) is 19.0 Å². The number of nitrogens with one attached hydrogen (secondary N) is 1. The lowest BCUT2D eigenvalue weighted by molar-refractivity contribution is -0.0494. The second-order valence-corrected chi connectivity index (χ2v) is 5.83. The highest BCUT2D eigenvalue weighted by Crippen LogP contribution is 2.40. The van der Waals surface area contributed by atoms with Gasteiger partial charge in [-0.3, -0.25) is 0 Å². The summed E-state index contributed by atoms with van der Waals surface area (Å²) in [4.78, 5) is 3.98. The van der Waals surface area contributed by atoms with Crippen LogP contribution in [0.1, 0.15) is 5.69 Å². The first kappa shape index (κ1) is 21.2. The van der Waals surface area contributed by atoms with Gasteiger partial charge in [0.1, 0.15) is 6.07 Å². The van der Waals surface area contributed by atoms with Crippen LogP contribution in [0.3, 0.4) is 0 Å². The zero-order valence-corrected chi connectivity index (χ0v) is 15.6. The number of aromatic nitrogens is 1. The molecule has 1 aromatic carbocycles. The van der Waals surface area contributed by atoms with Gasteiger partial charge in [-0.25, -0.2) is 0 Å². The fourth-order valence-corrected chi connectivity index (χ4v) is 2.58. The van der Waals surface area contributed by atoms with Crippen molar-refractivity contribution >= 4 is 29.1 Å². The highest BCUT2D eigenvalue weighted by Gasteiger charge is 2.22. The molecule has 0 spiro atoms. The number of nitrogens with zero attached hydrogens (tertiary/aromatic N) is 2. The Kier molecular flexibility index (Phi) is 8.06. The average Bonchev–Trinajstić information content (AvgIpc) is 3.03. The summed E-state index contributed by atoms with van der Waals surface area (Å²) in [5.41, 5.74) is -0.0744. The molecule has 1 heterocycles. The summed E-state index contributed by atoms with van der Waals surface area (Å²) in [7, 11) is 1.56. The molecule has 0 bridgehead atoms. The van der Waals surface area contributed by atoms with Crippen LogP contribution < -0.4 is 10.1 Å². The van der Waals surface area contributed by atoms with Crippen LogP contribution in [-0.2, 0) is 9.47 Å². The molecule has 0 atom stereocenters. The smallest absolute Gasteiger partial charge is 0.387 e. The Morgan fingerprint density at radius 2 is 2.07 bits per heavy atom. The van der Waals surface area contributed by atoms with E-state index in [1.165, 1.54) is 12.1 Å². The number of methoxy groups -OCH3 is 1. The van der Waals surface area contributed by atoms with Crippen molar-refractivity contribution < 1.29 is 27.4 Å². The number of halogens is 4. The van der Waals surface area contributed by atoms with Gasteiger partial charge in [0.15, 0.2) is 5.75 Å². The molecule has 1 aromatic heterocycles. The number of oxazole rings is 1. The normalized spacial score (nSPS) is 10.9. The molecule has 2 rings (SSSR count). The van der Waals surface area contributed by atoms with Crippen LogP contribution in [0.5, 0.6) is 5.75 Å². The number of rotatable bonds is 10. The first-order chi connectivity index (χ1) is 13.0. The average molecular weight is 422 g/mol. The third kappa shape index (κ3) is 5.94. The molecular formula is C16H15Cl2F2N3O4. The summed E-state index contributed by atoms with van der Waals surface area (Å²) in [6.45, 7) is -1.59. The highest BCUT2D eigenvalue weighted by molar-refractivity contribution is 6.36. The fraction of sp³-hybridized carbons (Fsp3) is 0.375. The minimum absolute atomic E-state index is 0.00584. The van der Waals surface area contributed by atoms with Crippen molar-refractivity contribution in [1.82, 2.24) is 4.98 Å². The van der Waals surface area contributed by atoms with E-state index in [9.17, 15) is 14.0 Å². The Balaban J connectivity index is 2.22. The van der Waals surface area contributed by atoms with Crippen LogP contribution >= 0.6 is 23.2 Å². The van der Waals surface area contributed by atoms with Gasteiger partial charge in [0, 0.05) is 18.7 Å². The minimum atomic E-state index is -3.12. The summed E-state index contributed by atoms with van der Waals surface area (Å²) in [5, 5.41) is 12.1. The van der Waals surface area contributed by atoms with E-state index in [0.29, 0.717) is 26.4 Å². The quantitative estimate of drug-likeness (QED) is 0.574. The predicted molar refractivity (Wildman–Crippen MR) is 94.5 cm³/mol. The zero-order chi connectivity index (χ0) is 19.8.